The average Bonchev–Trinajstić information content (AvgIpc) is 2.48. The van der Waals surface area contributed by atoms with E-state index in [1.54, 1.807) is 0 Å². The number of pyridine rings is 1. The first-order valence-corrected chi connectivity index (χ1v) is 6.98. The van der Waals surface area contributed by atoms with Crippen molar-refractivity contribution in [3.63, 3.8) is 0 Å². The van der Waals surface area contributed by atoms with Gasteiger partial charge in [-0.15, -0.1) is 0 Å². The van der Waals surface area contributed by atoms with E-state index in [2.05, 4.69) is 41.2 Å². The molecule has 0 aliphatic rings. The second kappa shape index (κ2) is 7.17. The molecule has 1 N–H and O–H groups in total. The van der Waals surface area contributed by atoms with E-state index < -0.39 is 0 Å². The molecule has 0 radical (unpaired) electrons. The van der Waals surface area contributed by atoms with Gasteiger partial charge in [-0.05, 0) is 37.6 Å². The van der Waals surface area contributed by atoms with Crippen molar-refractivity contribution in [2.45, 2.75) is 25.9 Å². The molecule has 0 aliphatic heterocycles. The summed E-state index contributed by atoms with van der Waals surface area (Å²) >= 11 is 0. The maximum atomic E-state index is 9.31. The Morgan fingerprint density at radius 3 is 2.50 bits per heavy atom. The van der Waals surface area contributed by atoms with E-state index in [-0.39, 0.29) is 12.6 Å². The molecule has 0 amide bonds. The molecule has 1 atom stereocenters. The van der Waals surface area contributed by atoms with Gasteiger partial charge in [0.15, 0.2) is 0 Å². The van der Waals surface area contributed by atoms with Crippen molar-refractivity contribution in [3.05, 3.63) is 65.5 Å². The predicted octanol–water partition coefficient (Wildman–Crippen LogP) is 2.95. The van der Waals surface area contributed by atoms with E-state index in [9.17, 15) is 5.11 Å². The zero-order chi connectivity index (χ0) is 14.4. The quantitative estimate of drug-likeness (QED) is 0.876. The summed E-state index contributed by atoms with van der Waals surface area (Å²) in [5.74, 6) is 0. The molecule has 3 heteroatoms. The molecule has 1 aromatic carbocycles. The molecule has 0 aliphatic carbocycles. The normalized spacial score (nSPS) is 12.6. The van der Waals surface area contributed by atoms with Gasteiger partial charge in [0, 0.05) is 25.4 Å². The van der Waals surface area contributed by atoms with Crippen LogP contribution in [0, 0.1) is 6.92 Å². The SMILES string of the molecule is Cc1ccc(CN(C)C(CCO)c2ccccc2)nc1. The van der Waals surface area contributed by atoms with Crippen molar-refractivity contribution < 1.29 is 5.11 Å². The fraction of sp³-hybridized carbons (Fsp3) is 0.353. The van der Waals surface area contributed by atoms with E-state index in [0.29, 0.717) is 0 Å². The molecule has 20 heavy (non-hydrogen) atoms. The third-order valence-corrected chi connectivity index (χ3v) is 3.50. The lowest BCUT2D eigenvalue weighted by molar-refractivity contribution is 0.178. The summed E-state index contributed by atoms with van der Waals surface area (Å²) in [4.78, 5) is 6.69. The number of nitrogens with zero attached hydrogens (tertiary/aromatic N) is 2. The number of benzene rings is 1. The van der Waals surface area contributed by atoms with E-state index in [0.717, 1.165) is 18.7 Å². The van der Waals surface area contributed by atoms with Crippen LogP contribution in [0.5, 0.6) is 0 Å². The second-order valence-electron chi connectivity index (χ2n) is 5.18. The van der Waals surface area contributed by atoms with Crippen molar-refractivity contribution in [3.8, 4) is 0 Å². The minimum absolute atomic E-state index is 0.186. The van der Waals surface area contributed by atoms with Crippen LogP contribution in [0.3, 0.4) is 0 Å². The number of aliphatic hydroxyl groups excluding tert-OH is 1. The fourth-order valence-corrected chi connectivity index (χ4v) is 2.40. The number of hydrogen-bond donors (Lipinski definition) is 1. The van der Waals surface area contributed by atoms with Crippen molar-refractivity contribution in [1.29, 1.82) is 0 Å². The number of aryl methyl sites for hydroxylation is 1. The molecular formula is C17H22N2O. The zero-order valence-corrected chi connectivity index (χ0v) is 12.2. The largest absolute Gasteiger partial charge is 0.396 e. The lowest BCUT2D eigenvalue weighted by Crippen LogP contribution is -2.25. The van der Waals surface area contributed by atoms with Crippen molar-refractivity contribution >= 4 is 0 Å². The minimum atomic E-state index is 0.186. The Hall–Kier alpha value is -1.71. The van der Waals surface area contributed by atoms with Gasteiger partial charge in [-0.1, -0.05) is 36.4 Å². The molecule has 1 aromatic heterocycles. The first-order valence-electron chi connectivity index (χ1n) is 6.98. The van der Waals surface area contributed by atoms with Gasteiger partial charge in [0.2, 0.25) is 0 Å². The van der Waals surface area contributed by atoms with Crippen molar-refractivity contribution in [2.75, 3.05) is 13.7 Å². The summed E-state index contributed by atoms with van der Waals surface area (Å²) in [6.45, 7) is 3.00. The summed E-state index contributed by atoms with van der Waals surface area (Å²) in [5, 5.41) is 9.31. The number of aliphatic hydroxyl groups is 1. The van der Waals surface area contributed by atoms with Crippen LogP contribution >= 0.6 is 0 Å². The van der Waals surface area contributed by atoms with Gasteiger partial charge < -0.3 is 5.11 Å². The van der Waals surface area contributed by atoms with Crippen LogP contribution in [-0.4, -0.2) is 28.6 Å². The van der Waals surface area contributed by atoms with Crippen LogP contribution in [-0.2, 0) is 6.54 Å². The Morgan fingerprint density at radius 1 is 1.15 bits per heavy atom. The van der Waals surface area contributed by atoms with Gasteiger partial charge in [-0.3, -0.25) is 9.88 Å². The molecule has 0 spiro atoms. The maximum absolute atomic E-state index is 9.31. The Labute approximate surface area is 120 Å². The van der Waals surface area contributed by atoms with Crippen LogP contribution in [0.2, 0.25) is 0 Å². The standard InChI is InChI=1S/C17H22N2O/c1-14-8-9-16(18-12-14)13-19(2)17(10-11-20)15-6-4-3-5-7-15/h3-9,12,17,20H,10-11,13H2,1-2H3. The number of rotatable bonds is 6. The zero-order valence-electron chi connectivity index (χ0n) is 12.2. The molecule has 106 valence electrons. The summed E-state index contributed by atoms with van der Waals surface area (Å²) in [7, 11) is 2.08. The Balaban J connectivity index is 2.11. The fourth-order valence-electron chi connectivity index (χ4n) is 2.40. The van der Waals surface area contributed by atoms with Gasteiger partial charge in [-0.2, -0.15) is 0 Å². The molecule has 2 rings (SSSR count). The number of aromatic nitrogens is 1. The monoisotopic (exact) mass is 270 g/mol. The summed E-state index contributed by atoms with van der Waals surface area (Å²) in [5.41, 5.74) is 3.46. The van der Waals surface area contributed by atoms with Gasteiger partial charge in [0.05, 0.1) is 5.69 Å². The van der Waals surface area contributed by atoms with E-state index >= 15 is 0 Å². The van der Waals surface area contributed by atoms with Crippen molar-refractivity contribution in [2.24, 2.45) is 0 Å². The first-order chi connectivity index (χ1) is 9.70. The molecule has 0 saturated carbocycles. The predicted molar refractivity (Wildman–Crippen MR) is 81.3 cm³/mol. The van der Waals surface area contributed by atoms with E-state index in [1.807, 2.05) is 31.3 Å². The van der Waals surface area contributed by atoms with Crippen molar-refractivity contribution in [1.82, 2.24) is 9.88 Å². The maximum Gasteiger partial charge on any atom is 0.0544 e. The van der Waals surface area contributed by atoms with E-state index in [4.69, 9.17) is 0 Å². The third kappa shape index (κ3) is 3.89. The highest BCUT2D eigenvalue weighted by atomic mass is 16.3. The highest BCUT2D eigenvalue weighted by molar-refractivity contribution is 5.19. The Bertz CT molecular complexity index is 510. The van der Waals surface area contributed by atoms with Crippen LogP contribution in [0.15, 0.2) is 48.7 Å². The van der Waals surface area contributed by atoms with Gasteiger partial charge in [-0.25, -0.2) is 0 Å². The van der Waals surface area contributed by atoms with E-state index in [1.165, 1.54) is 11.1 Å². The molecule has 0 bridgehead atoms. The second-order valence-corrected chi connectivity index (χ2v) is 5.18. The van der Waals surface area contributed by atoms with Crippen LogP contribution < -0.4 is 0 Å². The van der Waals surface area contributed by atoms with Crippen LogP contribution in [0.25, 0.3) is 0 Å². The molecule has 0 fully saturated rings. The lowest BCUT2D eigenvalue weighted by Gasteiger charge is -2.27. The summed E-state index contributed by atoms with van der Waals surface area (Å²) in [6.07, 6.45) is 2.62. The molecule has 1 unspecified atom stereocenters. The molecule has 3 nitrogen and oxygen atoms in total. The molecule has 0 saturated heterocycles. The molecule has 2 aromatic rings. The highest BCUT2D eigenvalue weighted by Crippen LogP contribution is 2.23. The Kier molecular flexibility index (Phi) is 5.27. The molecular weight excluding hydrogens is 248 g/mol. The smallest absolute Gasteiger partial charge is 0.0544 e. The van der Waals surface area contributed by atoms with Gasteiger partial charge in [0.25, 0.3) is 0 Å². The first kappa shape index (κ1) is 14.7. The summed E-state index contributed by atoms with van der Waals surface area (Å²) in [6, 6.07) is 14.7. The van der Waals surface area contributed by atoms with Gasteiger partial charge in [0.1, 0.15) is 0 Å². The Morgan fingerprint density at radius 2 is 1.90 bits per heavy atom. The van der Waals surface area contributed by atoms with Crippen LogP contribution in [0.1, 0.15) is 29.3 Å². The highest BCUT2D eigenvalue weighted by Gasteiger charge is 2.16. The topological polar surface area (TPSA) is 36.4 Å². The summed E-state index contributed by atoms with van der Waals surface area (Å²) < 4.78 is 0. The molecule has 1 heterocycles. The van der Waals surface area contributed by atoms with Crippen LogP contribution in [0.4, 0.5) is 0 Å². The lowest BCUT2D eigenvalue weighted by atomic mass is 10.0. The average molecular weight is 270 g/mol. The van der Waals surface area contributed by atoms with Gasteiger partial charge >= 0.3 is 0 Å². The third-order valence-electron chi connectivity index (χ3n) is 3.50. The minimum Gasteiger partial charge on any atom is -0.396 e. The number of hydrogen-bond acceptors (Lipinski definition) is 3.